The van der Waals surface area contributed by atoms with Gasteiger partial charge in [0.2, 0.25) is 0 Å². The number of aryl methyl sites for hydroxylation is 1. The Labute approximate surface area is 150 Å². The first-order chi connectivity index (χ1) is 11.5. The molecule has 1 amide bonds. The van der Waals surface area contributed by atoms with E-state index in [1.807, 2.05) is 49.4 Å². The van der Waals surface area contributed by atoms with Crippen LogP contribution in [0.2, 0.25) is 0 Å². The van der Waals surface area contributed by atoms with Crippen LogP contribution in [0.3, 0.4) is 0 Å². The highest BCUT2D eigenvalue weighted by Crippen LogP contribution is 2.25. The van der Waals surface area contributed by atoms with Crippen LogP contribution in [0.1, 0.15) is 18.1 Å². The Morgan fingerprint density at radius 2 is 1.88 bits per heavy atom. The molecule has 0 aliphatic heterocycles. The maximum atomic E-state index is 12.1. The summed E-state index contributed by atoms with van der Waals surface area (Å²) in [5.41, 5.74) is 2.10. The van der Waals surface area contributed by atoms with E-state index in [9.17, 15) is 9.59 Å². The molecule has 2 aromatic rings. The van der Waals surface area contributed by atoms with E-state index in [2.05, 4.69) is 21.2 Å². The molecule has 126 valence electrons. The zero-order valence-electron chi connectivity index (χ0n) is 13.7. The number of Topliss-reactive ketones (excluding diaryl/α,β-unsaturated/α-hetero) is 1. The number of amides is 1. The van der Waals surface area contributed by atoms with Crippen molar-refractivity contribution in [3.63, 3.8) is 0 Å². The van der Waals surface area contributed by atoms with Crippen molar-refractivity contribution in [3.8, 4) is 5.75 Å². The summed E-state index contributed by atoms with van der Waals surface area (Å²) in [4.78, 5) is 23.9. The SMILES string of the molecule is CC(=O)[C@H](Cc1ccccc1)NC(=O)COc1ccc(C)cc1Br. The van der Waals surface area contributed by atoms with Gasteiger partial charge in [-0.2, -0.15) is 0 Å². The van der Waals surface area contributed by atoms with E-state index in [0.29, 0.717) is 12.2 Å². The Bertz CT molecular complexity index is 716. The van der Waals surface area contributed by atoms with Crippen LogP contribution in [0, 0.1) is 6.92 Å². The molecule has 0 heterocycles. The average molecular weight is 390 g/mol. The molecule has 0 fully saturated rings. The van der Waals surface area contributed by atoms with Crippen molar-refractivity contribution < 1.29 is 14.3 Å². The highest BCUT2D eigenvalue weighted by atomic mass is 79.9. The molecule has 4 nitrogen and oxygen atoms in total. The quantitative estimate of drug-likeness (QED) is 0.788. The third-order valence-corrected chi connectivity index (χ3v) is 4.17. The van der Waals surface area contributed by atoms with Gasteiger partial charge in [-0.1, -0.05) is 36.4 Å². The Morgan fingerprint density at radius 1 is 1.17 bits per heavy atom. The van der Waals surface area contributed by atoms with E-state index >= 15 is 0 Å². The number of halogens is 1. The second kappa shape index (κ2) is 8.64. The molecule has 0 aromatic heterocycles. The van der Waals surface area contributed by atoms with Gasteiger partial charge >= 0.3 is 0 Å². The van der Waals surface area contributed by atoms with Gasteiger partial charge in [0.15, 0.2) is 12.4 Å². The van der Waals surface area contributed by atoms with Crippen LogP contribution in [-0.4, -0.2) is 24.3 Å². The molecule has 0 unspecified atom stereocenters. The molecule has 0 radical (unpaired) electrons. The van der Waals surface area contributed by atoms with E-state index < -0.39 is 6.04 Å². The van der Waals surface area contributed by atoms with Crippen molar-refractivity contribution in [1.82, 2.24) is 5.32 Å². The lowest BCUT2D eigenvalue weighted by Gasteiger charge is -2.16. The van der Waals surface area contributed by atoms with E-state index in [0.717, 1.165) is 15.6 Å². The number of benzene rings is 2. The summed E-state index contributed by atoms with van der Waals surface area (Å²) in [5, 5.41) is 2.74. The fourth-order valence-corrected chi connectivity index (χ4v) is 2.86. The zero-order chi connectivity index (χ0) is 17.5. The highest BCUT2D eigenvalue weighted by Gasteiger charge is 2.18. The number of rotatable bonds is 7. The molecule has 0 bridgehead atoms. The van der Waals surface area contributed by atoms with E-state index in [4.69, 9.17) is 4.74 Å². The Balaban J connectivity index is 1.92. The fraction of sp³-hybridized carbons (Fsp3) is 0.263. The van der Waals surface area contributed by atoms with Gasteiger partial charge in [0.05, 0.1) is 10.5 Å². The molecule has 1 atom stereocenters. The van der Waals surface area contributed by atoms with Crippen molar-refractivity contribution >= 4 is 27.6 Å². The summed E-state index contributed by atoms with van der Waals surface area (Å²) in [7, 11) is 0. The van der Waals surface area contributed by atoms with Crippen LogP contribution in [0.15, 0.2) is 53.0 Å². The second-order valence-corrected chi connectivity index (χ2v) is 6.50. The van der Waals surface area contributed by atoms with Crippen molar-refractivity contribution in [2.75, 3.05) is 6.61 Å². The van der Waals surface area contributed by atoms with E-state index in [1.54, 1.807) is 6.07 Å². The van der Waals surface area contributed by atoms with Gasteiger partial charge in [0.1, 0.15) is 5.75 Å². The molecule has 5 heteroatoms. The normalized spacial score (nSPS) is 11.6. The number of carbonyl (C=O) groups excluding carboxylic acids is 2. The van der Waals surface area contributed by atoms with Gasteiger partial charge in [-0.05, 0) is 59.5 Å². The third kappa shape index (κ3) is 5.49. The van der Waals surface area contributed by atoms with Gasteiger partial charge in [0, 0.05) is 0 Å². The first-order valence-electron chi connectivity index (χ1n) is 7.68. The molecular formula is C19H20BrNO3. The summed E-state index contributed by atoms with van der Waals surface area (Å²) < 4.78 is 6.31. The van der Waals surface area contributed by atoms with E-state index in [-0.39, 0.29) is 18.3 Å². The molecule has 0 aliphatic carbocycles. The van der Waals surface area contributed by atoms with Gasteiger partial charge in [-0.25, -0.2) is 0 Å². The predicted molar refractivity (Wildman–Crippen MR) is 97.1 cm³/mol. The lowest BCUT2D eigenvalue weighted by molar-refractivity contribution is -0.128. The minimum Gasteiger partial charge on any atom is -0.483 e. The summed E-state index contributed by atoms with van der Waals surface area (Å²) in [6, 6.07) is 14.7. The molecule has 0 saturated heterocycles. The Kier molecular flexibility index (Phi) is 6.55. The minimum atomic E-state index is -0.551. The smallest absolute Gasteiger partial charge is 0.258 e. The van der Waals surface area contributed by atoms with E-state index in [1.165, 1.54) is 6.92 Å². The predicted octanol–water partition coefficient (Wildman–Crippen LogP) is 3.45. The maximum Gasteiger partial charge on any atom is 0.258 e. The first-order valence-corrected chi connectivity index (χ1v) is 8.47. The van der Waals surface area contributed by atoms with Crippen LogP contribution in [0.25, 0.3) is 0 Å². The third-order valence-electron chi connectivity index (χ3n) is 3.55. The largest absolute Gasteiger partial charge is 0.483 e. The molecule has 0 saturated carbocycles. The zero-order valence-corrected chi connectivity index (χ0v) is 15.3. The first kappa shape index (κ1) is 18.2. The molecule has 1 N–H and O–H groups in total. The summed E-state index contributed by atoms with van der Waals surface area (Å²) in [6.07, 6.45) is 0.468. The van der Waals surface area contributed by atoms with Crippen LogP contribution >= 0.6 is 15.9 Å². The molecular weight excluding hydrogens is 370 g/mol. The molecule has 2 rings (SSSR count). The number of hydrogen-bond donors (Lipinski definition) is 1. The molecule has 0 spiro atoms. The van der Waals surface area contributed by atoms with Crippen LogP contribution in [0.5, 0.6) is 5.75 Å². The second-order valence-electron chi connectivity index (χ2n) is 5.64. The molecule has 0 aliphatic rings. The maximum absolute atomic E-state index is 12.1. The van der Waals surface area contributed by atoms with Gasteiger partial charge in [-0.15, -0.1) is 0 Å². The number of ketones is 1. The van der Waals surface area contributed by atoms with Gasteiger partial charge in [0.25, 0.3) is 5.91 Å². The van der Waals surface area contributed by atoms with Crippen LogP contribution < -0.4 is 10.1 Å². The number of ether oxygens (including phenoxy) is 1. The Hall–Kier alpha value is -2.14. The summed E-state index contributed by atoms with van der Waals surface area (Å²) >= 11 is 3.40. The van der Waals surface area contributed by atoms with Gasteiger partial charge in [-0.3, -0.25) is 9.59 Å². The summed E-state index contributed by atoms with van der Waals surface area (Å²) in [6.45, 7) is 3.31. The van der Waals surface area contributed by atoms with Crippen LogP contribution in [0.4, 0.5) is 0 Å². The fourth-order valence-electron chi connectivity index (χ4n) is 2.25. The summed E-state index contributed by atoms with van der Waals surface area (Å²) in [5.74, 6) is 0.195. The van der Waals surface area contributed by atoms with Crippen molar-refractivity contribution in [2.24, 2.45) is 0 Å². The molecule has 24 heavy (non-hydrogen) atoms. The lowest BCUT2D eigenvalue weighted by atomic mass is 10.0. The Morgan fingerprint density at radius 3 is 2.50 bits per heavy atom. The van der Waals surface area contributed by atoms with Crippen LogP contribution in [-0.2, 0) is 16.0 Å². The average Bonchev–Trinajstić information content (AvgIpc) is 2.54. The lowest BCUT2D eigenvalue weighted by Crippen LogP contribution is -2.43. The van der Waals surface area contributed by atoms with Gasteiger partial charge < -0.3 is 10.1 Å². The number of nitrogens with one attached hydrogen (secondary N) is 1. The standard InChI is InChI=1S/C19H20BrNO3/c1-13-8-9-18(16(20)10-13)24-12-19(23)21-17(14(2)22)11-15-6-4-3-5-7-15/h3-10,17H,11-12H2,1-2H3,(H,21,23)/t17-/m0/s1. The van der Waals surface area contributed by atoms with Crippen molar-refractivity contribution in [1.29, 1.82) is 0 Å². The molecule has 2 aromatic carbocycles. The highest BCUT2D eigenvalue weighted by molar-refractivity contribution is 9.10. The monoisotopic (exact) mass is 389 g/mol. The van der Waals surface area contributed by atoms with Crippen molar-refractivity contribution in [3.05, 3.63) is 64.1 Å². The minimum absolute atomic E-state index is 0.0799. The van der Waals surface area contributed by atoms with Crippen molar-refractivity contribution in [2.45, 2.75) is 26.3 Å². The number of carbonyl (C=O) groups is 2. The number of hydrogen-bond acceptors (Lipinski definition) is 3. The topological polar surface area (TPSA) is 55.4 Å².